The Kier molecular flexibility index (Phi) is 15.1. The van der Waals surface area contributed by atoms with Crippen molar-refractivity contribution in [2.75, 3.05) is 59.4 Å². The fourth-order valence-electron chi connectivity index (χ4n) is 9.87. The molecule has 1 N–H and O–H groups in total. The van der Waals surface area contributed by atoms with Gasteiger partial charge in [0.05, 0.1) is 23.1 Å². The highest BCUT2D eigenvalue weighted by Crippen LogP contribution is 2.30. The van der Waals surface area contributed by atoms with Gasteiger partial charge in [-0.25, -0.2) is 0 Å². The van der Waals surface area contributed by atoms with Crippen molar-refractivity contribution in [1.29, 1.82) is 0 Å². The first kappa shape index (κ1) is 43.5. The lowest BCUT2D eigenvalue weighted by Gasteiger charge is -2.43. The second-order valence-electron chi connectivity index (χ2n) is 17.8. The van der Waals surface area contributed by atoms with Crippen LogP contribution >= 0.6 is 0 Å². The number of ether oxygens (including phenoxy) is 1. The SMILES string of the molecule is CCCCCCCCCC(=O)OCn1c(=O)c(C2CCN(C(=O)C[C@H](Cc3cc(C)c4[nH]ncc4c3)C(=O)N3CCN(C4CCN(C)CC4)CC3)CC2)cc2ccccc21. The maximum Gasteiger partial charge on any atom is 0.307 e. The topological polar surface area (TPSA) is 124 Å². The summed E-state index contributed by atoms with van der Waals surface area (Å²) in [4.78, 5) is 64.2. The van der Waals surface area contributed by atoms with Gasteiger partial charge in [0.2, 0.25) is 11.8 Å². The number of esters is 1. The molecule has 0 unspecified atom stereocenters. The summed E-state index contributed by atoms with van der Waals surface area (Å²) in [7, 11) is 2.19. The molecule has 2 aromatic heterocycles. The van der Waals surface area contributed by atoms with Crippen LogP contribution in [-0.4, -0.2) is 118 Å². The Labute approximate surface area is 355 Å². The standard InChI is InChI=1S/C48H67N7O5/c1-4-5-6-7-8-9-10-15-45(57)60-34-55-43-14-12-11-13-38(43)31-42(48(55)59)37-16-22-53(23-17-37)44(56)32-39(29-36-28-35(2)46-40(30-36)33-49-50-46)47(58)54-26-24-52(25-27-54)41-18-20-51(3)21-19-41/h11-14,28,30-31,33,37,39,41H,4-10,15-27,29,32,34H2,1-3H3,(H,49,50)/t39-/m0/s1. The van der Waals surface area contributed by atoms with Crippen LogP contribution in [0.3, 0.4) is 0 Å². The Morgan fingerprint density at radius 3 is 2.30 bits per heavy atom. The Balaban J connectivity index is 0.985. The highest BCUT2D eigenvalue weighted by atomic mass is 16.5. The molecule has 3 aliphatic rings. The molecule has 0 radical (unpaired) electrons. The summed E-state index contributed by atoms with van der Waals surface area (Å²) < 4.78 is 7.28. The van der Waals surface area contributed by atoms with Gasteiger partial charge >= 0.3 is 5.97 Å². The molecule has 60 heavy (non-hydrogen) atoms. The number of fused-ring (bicyclic) bond motifs is 2. The van der Waals surface area contributed by atoms with E-state index in [1.54, 1.807) is 4.57 Å². The molecule has 12 heteroatoms. The van der Waals surface area contributed by atoms with Gasteiger partial charge in [-0.15, -0.1) is 0 Å². The fourth-order valence-corrected chi connectivity index (χ4v) is 9.87. The average molecular weight is 822 g/mol. The molecule has 3 fully saturated rings. The lowest BCUT2D eigenvalue weighted by Crippen LogP contribution is -2.55. The minimum Gasteiger partial charge on any atom is -0.444 e. The van der Waals surface area contributed by atoms with Crippen LogP contribution in [0.2, 0.25) is 0 Å². The van der Waals surface area contributed by atoms with Crippen LogP contribution in [0.5, 0.6) is 0 Å². The van der Waals surface area contributed by atoms with Gasteiger partial charge in [0.25, 0.3) is 5.56 Å². The number of likely N-dealkylation sites (tertiary alicyclic amines) is 2. The van der Waals surface area contributed by atoms with Gasteiger partial charge < -0.3 is 19.4 Å². The van der Waals surface area contributed by atoms with Crippen molar-refractivity contribution in [2.24, 2.45) is 5.92 Å². The highest BCUT2D eigenvalue weighted by Gasteiger charge is 2.34. The number of aromatic amines is 1. The quantitative estimate of drug-likeness (QED) is 0.0891. The number of benzene rings is 2. The summed E-state index contributed by atoms with van der Waals surface area (Å²) >= 11 is 0. The number of amides is 2. The number of unbranched alkanes of at least 4 members (excludes halogenated alkanes) is 6. The highest BCUT2D eigenvalue weighted by molar-refractivity contribution is 5.87. The molecular formula is C48H67N7O5. The zero-order chi connectivity index (χ0) is 42.0. The van der Waals surface area contributed by atoms with Crippen LogP contribution in [0.1, 0.15) is 113 Å². The number of aromatic nitrogens is 3. The number of hydrogen-bond donors (Lipinski definition) is 1. The normalized spacial score (nSPS) is 18.1. The summed E-state index contributed by atoms with van der Waals surface area (Å²) in [6, 6.07) is 14.5. The molecule has 2 aromatic carbocycles. The third-order valence-electron chi connectivity index (χ3n) is 13.5. The summed E-state index contributed by atoms with van der Waals surface area (Å²) in [6.45, 7) is 10.5. The molecule has 2 amide bonds. The molecule has 0 aliphatic carbocycles. The summed E-state index contributed by atoms with van der Waals surface area (Å²) in [5.74, 6) is -0.743. The van der Waals surface area contributed by atoms with E-state index >= 15 is 0 Å². The second kappa shape index (κ2) is 20.8. The van der Waals surface area contributed by atoms with Crippen molar-refractivity contribution in [3.8, 4) is 0 Å². The largest absolute Gasteiger partial charge is 0.444 e. The van der Waals surface area contributed by atoms with Crippen LogP contribution in [0.4, 0.5) is 0 Å². The van der Waals surface area contributed by atoms with Gasteiger partial charge in [0, 0.05) is 69.1 Å². The van der Waals surface area contributed by atoms with Crippen molar-refractivity contribution >= 4 is 39.6 Å². The van der Waals surface area contributed by atoms with Gasteiger partial charge in [-0.05, 0) is 106 Å². The Morgan fingerprint density at radius 1 is 0.833 bits per heavy atom. The van der Waals surface area contributed by atoms with E-state index in [4.69, 9.17) is 4.74 Å². The zero-order valence-electron chi connectivity index (χ0n) is 36.3. The maximum absolute atomic E-state index is 14.4. The molecule has 12 nitrogen and oxygen atoms in total. The van der Waals surface area contributed by atoms with Crippen molar-refractivity contribution in [1.82, 2.24) is 34.4 Å². The zero-order valence-corrected chi connectivity index (χ0v) is 36.3. The minimum atomic E-state index is -0.477. The van der Waals surface area contributed by atoms with Crippen LogP contribution < -0.4 is 5.56 Å². The Bertz CT molecular complexity index is 2120. The number of nitrogens with zero attached hydrogens (tertiary/aromatic N) is 6. The minimum absolute atomic E-state index is 0.0123. The molecule has 3 saturated heterocycles. The molecule has 7 rings (SSSR count). The lowest BCUT2D eigenvalue weighted by atomic mass is 9.88. The third kappa shape index (κ3) is 10.8. The van der Waals surface area contributed by atoms with Crippen molar-refractivity contribution in [3.05, 3.63) is 75.7 Å². The number of rotatable bonds is 17. The molecule has 1 atom stereocenters. The molecule has 324 valence electrons. The van der Waals surface area contributed by atoms with E-state index in [0.29, 0.717) is 63.5 Å². The fraction of sp³-hybridized carbons (Fsp3) is 0.604. The first-order valence-corrected chi connectivity index (χ1v) is 22.9. The number of pyridine rings is 1. The molecule has 0 spiro atoms. The molecule has 5 heterocycles. The summed E-state index contributed by atoms with van der Waals surface area (Å²) in [5, 5.41) is 9.23. The molecule has 0 saturated carbocycles. The van der Waals surface area contributed by atoms with E-state index in [1.165, 1.54) is 38.5 Å². The van der Waals surface area contributed by atoms with E-state index in [9.17, 15) is 19.2 Å². The number of H-pyrrole nitrogens is 1. The first-order chi connectivity index (χ1) is 29.2. The molecular weight excluding hydrogens is 755 g/mol. The van der Waals surface area contributed by atoms with Crippen molar-refractivity contribution < 1.29 is 19.1 Å². The van der Waals surface area contributed by atoms with Gasteiger partial charge in [-0.1, -0.05) is 69.7 Å². The molecule has 3 aliphatic heterocycles. The first-order valence-electron chi connectivity index (χ1n) is 22.9. The lowest BCUT2D eigenvalue weighted by molar-refractivity contribution is -0.147. The third-order valence-corrected chi connectivity index (χ3v) is 13.5. The predicted octanol–water partition coefficient (Wildman–Crippen LogP) is 7.02. The molecule has 4 aromatic rings. The number of nitrogens with one attached hydrogen (secondary N) is 1. The number of aryl methyl sites for hydroxylation is 1. The second-order valence-corrected chi connectivity index (χ2v) is 17.8. The summed E-state index contributed by atoms with van der Waals surface area (Å²) in [5.41, 5.74) is 4.38. The predicted molar refractivity (Wildman–Crippen MR) is 237 cm³/mol. The average Bonchev–Trinajstić information content (AvgIpc) is 3.75. The van der Waals surface area contributed by atoms with E-state index in [1.807, 2.05) is 53.3 Å². The van der Waals surface area contributed by atoms with Gasteiger partial charge in [0.15, 0.2) is 6.73 Å². The van der Waals surface area contributed by atoms with Gasteiger partial charge in [-0.2, -0.15) is 5.10 Å². The number of para-hydroxylation sites is 1. The van der Waals surface area contributed by atoms with Gasteiger partial charge in [-0.3, -0.25) is 33.7 Å². The van der Waals surface area contributed by atoms with Crippen LogP contribution in [0.15, 0.2) is 53.5 Å². The number of hydrogen-bond acceptors (Lipinski definition) is 8. The smallest absolute Gasteiger partial charge is 0.307 e. The molecule has 0 bridgehead atoms. The van der Waals surface area contributed by atoms with Crippen molar-refractivity contribution in [3.63, 3.8) is 0 Å². The van der Waals surface area contributed by atoms with E-state index in [-0.39, 0.29) is 42.4 Å². The number of carbonyl (C=O) groups excluding carboxylic acids is 3. The number of piperazine rings is 1. The monoisotopic (exact) mass is 822 g/mol. The van der Waals surface area contributed by atoms with Gasteiger partial charge in [0.1, 0.15) is 0 Å². The maximum atomic E-state index is 14.4. The van der Waals surface area contributed by atoms with E-state index in [0.717, 1.165) is 78.4 Å². The van der Waals surface area contributed by atoms with Crippen LogP contribution in [-0.2, 0) is 32.3 Å². The Hall–Kier alpha value is -4.55. The van der Waals surface area contributed by atoms with E-state index in [2.05, 4.69) is 46.1 Å². The Morgan fingerprint density at radius 2 is 1.55 bits per heavy atom. The van der Waals surface area contributed by atoms with E-state index < -0.39 is 5.92 Å². The van der Waals surface area contributed by atoms with Crippen LogP contribution in [0.25, 0.3) is 21.8 Å². The van der Waals surface area contributed by atoms with Crippen LogP contribution in [0, 0.1) is 12.8 Å². The van der Waals surface area contributed by atoms with Crippen molar-refractivity contribution in [2.45, 2.75) is 122 Å². The number of carbonyl (C=O) groups is 3. The number of piperidine rings is 2. The summed E-state index contributed by atoms with van der Waals surface area (Å²) in [6.07, 6.45) is 14.3.